The molecular weight excluding hydrogens is 174 g/mol. The van der Waals surface area contributed by atoms with Crippen molar-refractivity contribution >= 4 is 24.0 Å². The van der Waals surface area contributed by atoms with Gasteiger partial charge in [-0.2, -0.15) is 0 Å². The highest BCUT2D eigenvalue weighted by Gasteiger charge is 2.37. The van der Waals surface area contributed by atoms with Gasteiger partial charge >= 0.3 is 0 Å². The van der Waals surface area contributed by atoms with Crippen molar-refractivity contribution in [2.24, 2.45) is 0 Å². The average molecular weight is 183 g/mol. The number of hydrogen-bond acceptors (Lipinski definition) is 3. The third-order valence-corrected chi connectivity index (χ3v) is 3.39. The second kappa shape index (κ2) is 2.94. The van der Waals surface area contributed by atoms with E-state index >= 15 is 0 Å². The summed E-state index contributed by atoms with van der Waals surface area (Å²) in [7, 11) is 0. The molecule has 0 aromatic rings. The summed E-state index contributed by atoms with van der Waals surface area (Å²) >= 11 is 1.74. The fraction of sp³-hybridized carbons (Fsp3) is 0.500. The first-order valence-corrected chi connectivity index (χ1v) is 4.92. The summed E-state index contributed by atoms with van der Waals surface area (Å²) in [5.41, 5.74) is 1.05. The van der Waals surface area contributed by atoms with Crippen LogP contribution in [-0.2, 0) is 9.59 Å². The number of carbonyl (C=O) groups excluding carboxylic acids is 2. The molecule has 1 amide bonds. The number of amides is 1. The maximum atomic E-state index is 11.0. The van der Waals surface area contributed by atoms with Crippen molar-refractivity contribution in [1.82, 2.24) is 4.90 Å². The Bertz CT molecular complexity index is 262. The normalized spacial score (nSPS) is 27.3. The Morgan fingerprint density at radius 2 is 2.58 bits per heavy atom. The SMILES string of the molecule is O=CCC1=CN2C(=O)CC2SC1. The second-order valence-electron chi connectivity index (χ2n) is 2.93. The largest absolute Gasteiger partial charge is 0.306 e. The molecule has 4 heteroatoms. The lowest BCUT2D eigenvalue weighted by Crippen LogP contribution is -2.49. The topological polar surface area (TPSA) is 37.4 Å². The number of carbonyl (C=O) groups is 2. The predicted molar refractivity (Wildman–Crippen MR) is 46.5 cm³/mol. The van der Waals surface area contributed by atoms with Gasteiger partial charge in [0, 0.05) is 18.4 Å². The fourth-order valence-electron chi connectivity index (χ4n) is 1.35. The van der Waals surface area contributed by atoms with E-state index in [9.17, 15) is 9.59 Å². The first-order chi connectivity index (χ1) is 5.81. The molecule has 0 spiro atoms. The van der Waals surface area contributed by atoms with Gasteiger partial charge in [0.05, 0.1) is 11.8 Å². The fourth-order valence-corrected chi connectivity index (χ4v) is 2.55. The first kappa shape index (κ1) is 7.86. The molecule has 0 aromatic heterocycles. The van der Waals surface area contributed by atoms with E-state index in [0.29, 0.717) is 18.2 Å². The number of rotatable bonds is 2. The van der Waals surface area contributed by atoms with Crippen LogP contribution >= 0.6 is 11.8 Å². The molecule has 1 fully saturated rings. The summed E-state index contributed by atoms with van der Waals surface area (Å²) in [5, 5.41) is 0.355. The lowest BCUT2D eigenvalue weighted by atomic mass is 10.1. The van der Waals surface area contributed by atoms with Gasteiger partial charge in [-0.15, -0.1) is 11.8 Å². The van der Waals surface area contributed by atoms with Crippen LogP contribution in [0.5, 0.6) is 0 Å². The number of aldehydes is 1. The van der Waals surface area contributed by atoms with E-state index in [4.69, 9.17) is 0 Å². The summed E-state index contributed by atoms with van der Waals surface area (Å²) in [6.45, 7) is 0. The molecule has 1 unspecified atom stereocenters. The quantitative estimate of drug-likeness (QED) is 0.468. The zero-order valence-electron chi connectivity index (χ0n) is 6.53. The third-order valence-electron chi connectivity index (χ3n) is 2.08. The minimum absolute atomic E-state index is 0.176. The summed E-state index contributed by atoms with van der Waals surface area (Å²) in [6.07, 6.45) is 3.84. The number of β-lactam (4-membered cyclic amide) rings is 1. The molecule has 64 valence electrons. The second-order valence-corrected chi connectivity index (χ2v) is 4.10. The van der Waals surface area contributed by atoms with Gasteiger partial charge in [-0.3, -0.25) is 4.79 Å². The van der Waals surface area contributed by atoms with Crippen molar-refractivity contribution in [3.63, 3.8) is 0 Å². The van der Waals surface area contributed by atoms with Gasteiger partial charge in [0.25, 0.3) is 0 Å². The first-order valence-electron chi connectivity index (χ1n) is 3.87. The predicted octanol–water partition coefficient (Wildman–Crippen LogP) is 0.765. The van der Waals surface area contributed by atoms with Crippen molar-refractivity contribution in [1.29, 1.82) is 0 Å². The molecule has 0 saturated carbocycles. The number of nitrogens with zero attached hydrogens (tertiary/aromatic N) is 1. The Morgan fingerprint density at radius 1 is 1.75 bits per heavy atom. The van der Waals surface area contributed by atoms with Crippen LogP contribution in [-0.4, -0.2) is 28.2 Å². The van der Waals surface area contributed by atoms with Crippen LogP contribution in [0.15, 0.2) is 11.8 Å². The molecule has 1 saturated heterocycles. The lowest BCUT2D eigenvalue weighted by Gasteiger charge is -2.40. The molecule has 3 nitrogen and oxygen atoms in total. The Labute approximate surface area is 74.8 Å². The molecule has 12 heavy (non-hydrogen) atoms. The highest BCUT2D eigenvalue weighted by Crippen LogP contribution is 2.35. The maximum absolute atomic E-state index is 11.0. The minimum Gasteiger partial charge on any atom is -0.306 e. The van der Waals surface area contributed by atoms with E-state index in [2.05, 4.69) is 0 Å². The minimum atomic E-state index is 0.176. The molecule has 0 bridgehead atoms. The summed E-state index contributed by atoms with van der Waals surface area (Å²) in [5.74, 6) is 1.07. The van der Waals surface area contributed by atoms with E-state index in [-0.39, 0.29) is 5.91 Å². The van der Waals surface area contributed by atoms with Gasteiger partial charge < -0.3 is 9.69 Å². The van der Waals surface area contributed by atoms with Crippen molar-refractivity contribution in [2.45, 2.75) is 18.2 Å². The monoisotopic (exact) mass is 183 g/mol. The van der Waals surface area contributed by atoms with Crippen LogP contribution in [0.3, 0.4) is 0 Å². The van der Waals surface area contributed by atoms with E-state index in [1.165, 1.54) is 0 Å². The molecule has 0 N–H and O–H groups in total. The van der Waals surface area contributed by atoms with Gasteiger partial charge in [0.2, 0.25) is 5.91 Å². The van der Waals surface area contributed by atoms with Crippen LogP contribution in [0, 0.1) is 0 Å². The van der Waals surface area contributed by atoms with E-state index in [0.717, 1.165) is 17.6 Å². The Balaban J connectivity index is 2.08. The molecule has 2 rings (SSSR count). The zero-order chi connectivity index (χ0) is 8.55. The molecular formula is C8H9NO2S. The molecule has 0 radical (unpaired) electrons. The zero-order valence-corrected chi connectivity index (χ0v) is 7.34. The van der Waals surface area contributed by atoms with Crippen molar-refractivity contribution < 1.29 is 9.59 Å². The van der Waals surface area contributed by atoms with Gasteiger partial charge in [-0.05, 0) is 5.57 Å². The summed E-state index contributed by atoms with van der Waals surface area (Å²) in [6, 6.07) is 0. The van der Waals surface area contributed by atoms with Crippen molar-refractivity contribution in [3.8, 4) is 0 Å². The lowest BCUT2D eigenvalue weighted by molar-refractivity contribution is -0.137. The Hall–Kier alpha value is -0.770. The molecule has 0 aliphatic carbocycles. The number of thioether (sulfide) groups is 1. The van der Waals surface area contributed by atoms with Crippen molar-refractivity contribution in [3.05, 3.63) is 11.8 Å². The van der Waals surface area contributed by atoms with Gasteiger partial charge in [0.15, 0.2) is 0 Å². The molecule has 1 atom stereocenters. The van der Waals surface area contributed by atoms with Crippen LogP contribution in [0.4, 0.5) is 0 Å². The average Bonchev–Trinajstić information content (AvgIpc) is 2.07. The van der Waals surface area contributed by atoms with E-state index in [1.807, 2.05) is 6.20 Å². The van der Waals surface area contributed by atoms with E-state index in [1.54, 1.807) is 16.7 Å². The highest BCUT2D eigenvalue weighted by molar-refractivity contribution is 8.00. The maximum Gasteiger partial charge on any atom is 0.230 e. The Morgan fingerprint density at radius 3 is 3.25 bits per heavy atom. The smallest absolute Gasteiger partial charge is 0.230 e. The van der Waals surface area contributed by atoms with E-state index < -0.39 is 0 Å². The molecule has 2 aliphatic rings. The molecule has 0 aromatic carbocycles. The van der Waals surface area contributed by atoms with Crippen LogP contribution in [0.2, 0.25) is 0 Å². The summed E-state index contributed by atoms with van der Waals surface area (Å²) < 4.78 is 0. The van der Waals surface area contributed by atoms with Crippen LogP contribution in [0.25, 0.3) is 0 Å². The third kappa shape index (κ3) is 1.16. The summed E-state index contributed by atoms with van der Waals surface area (Å²) in [4.78, 5) is 22.9. The van der Waals surface area contributed by atoms with Crippen molar-refractivity contribution in [2.75, 3.05) is 5.75 Å². The number of hydrogen-bond donors (Lipinski definition) is 0. The molecule has 2 heterocycles. The number of fused-ring (bicyclic) bond motifs is 1. The van der Waals surface area contributed by atoms with Crippen LogP contribution < -0.4 is 0 Å². The van der Waals surface area contributed by atoms with Gasteiger partial charge in [0.1, 0.15) is 6.29 Å². The van der Waals surface area contributed by atoms with Gasteiger partial charge in [-0.1, -0.05) is 0 Å². The standard InChI is InChI=1S/C8H9NO2S/c10-2-1-6-4-9-7(11)3-8(9)12-5-6/h2,4,8H,1,3,5H2. The Kier molecular flexibility index (Phi) is 1.92. The van der Waals surface area contributed by atoms with Crippen LogP contribution in [0.1, 0.15) is 12.8 Å². The highest BCUT2D eigenvalue weighted by atomic mass is 32.2. The molecule has 2 aliphatic heterocycles. The van der Waals surface area contributed by atoms with Gasteiger partial charge in [-0.25, -0.2) is 0 Å².